The van der Waals surface area contributed by atoms with Crippen LogP contribution in [0.5, 0.6) is 0 Å². The van der Waals surface area contributed by atoms with Crippen LogP contribution in [0, 0.1) is 12.3 Å². The highest BCUT2D eigenvalue weighted by molar-refractivity contribution is 6.00. The number of nitrogens with one attached hydrogen (secondary N) is 1. The lowest BCUT2D eigenvalue weighted by atomic mass is 9.94. The fourth-order valence-electron chi connectivity index (χ4n) is 1.46. The Hall–Kier alpha value is -1.55. The van der Waals surface area contributed by atoms with Crippen molar-refractivity contribution >= 4 is 11.6 Å². The van der Waals surface area contributed by atoms with Crippen molar-refractivity contribution in [2.24, 2.45) is 5.41 Å². The number of hydrogen-bond acceptors (Lipinski definition) is 3. The predicted octanol–water partition coefficient (Wildman–Crippen LogP) is 1.33. The van der Waals surface area contributed by atoms with Gasteiger partial charge in [0.15, 0.2) is 0 Å². The monoisotopic (exact) mass is 236 g/mol. The molecule has 0 fully saturated rings. The Bertz CT molecular complexity index is 394. The lowest BCUT2D eigenvalue weighted by Gasteiger charge is -2.22. The summed E-state index contributed by atoms with van der Waals surface area (Å²) in [4.78, 5) is 12.0. The second-order valence-corrected chi connectivity index (χ2v) is 5.04. The van der Waals surface area contributed by atoms with Crippen molar-refractivity contribution in [2.75, 3.05) is 18.9 Å². The Balaban J connectivity index is 2.78. The first-order valence-corrected chi connectivity index (χ1v) is 5.61. The molecule has 0 saturated carbocycles. The van der Waals surface area contributed by atoms with Crippen molar-refractivity contribution in [3.63, 3.8) is 0 Å². The highest BCUT2D eigenvalue weighted by atomic mass is 16.3. The molecule has 0 aliphatic carbocycles. The number of benzene rings is 1. The van der Waals surface area contributed by atoms with Gasteiger partial charge in [-0.25, -0.2) is 0 Å². The zero-order chi connectivity index (χ0) is 13.1. The van der Waals surface area contributed by atoms with E-state index in [1.54, 1.807) is 6.07 Å². The van der Waals surface area contributed by atoms with Gasteiger partial charge in [0.25, 0.3) is 5.91 Å². The van der Waals surface area contributed by atoms with Crippen LogP contribution in [0.1, 0.15) is 29.8 Å². The third-order valence-electron chi connectivity index (χ3n) is 2.69. The van der Waals surface area contributed by atoms with E-state index in [2.05, 4.69) is 5.32 Å². The van der Waals surface area contributed by atoms with Crippen LogP contribution in [0.4, 0.5) is 5.69 Å². The molecule has 1 aromatic rings. The van der Waals surface area contributed by atoms with Gasteiger partial charge in [0, 0.05) is 24.3 Å². The molecular weight excluding hydrogens is 216 g/mol. The molecule has 0 aliphatic heterocycles. The van der Waals surface area contributed by atoms with E-state index in [1.807, 2.05) is 32.9 Å². The molecule has 0 saturated heterocycles. The van der Waals surface area contributed by atoms with Crippen molar-refractivity contribution in [3.05, 3.63) is 29.3 Å². The number of aliphatic hydroxyl groups excluding tert-OH is 1. The summed E-state index contributed by atoms with van der Waals surface area (Å²) in [5.74, 6) is -0.192. The van der Waals surface area contributed by atoms with Gasteiger partial charge in [-0.3, -0.25) is 4.79 Å². The molecule has 0 aliphatic rings. The van der Waals surface area contributed by atoms with E-state index in [4.69, 9.17) is 10.8 Å². The van der Waals surface area contributed by atoms with Gasteiger partial charge in [-0.2, -0.15) is 0 Å². The maximum absolute atomic E-state index is 12.0. The highest BCUT2D eigenvalue weighted by Gasteiger charge is 2.19. The molecule has 17 heavy (non-hydrogen) atoms. The minimum Gasteiger partial charge on any atom is -0.398 e. The molecule has 4 N–H and O–H groups in total. The number of rotatable bonds is 4. The zero-order valence-electron chi connectivity index (χ0n) is 10.6. The van der Waals surface area contributed by atoms with Gasteiger partial charge in [-0.15, -0.1) is 0 Å². The van der Waals surface area contributed by atoms with Crippen LogP contribution in [-0.4, -0.2) is 24.2 Å². The first-order valence-electron chi connectivity index (χ1n) is 5.61. The smallest absolute Gasteiger partial charge is 0.253 e. The number of carbonyl (C=O) groups is 1. The SMILES string of the molecule is Cc1cccc(N)c1C(=O)NCC(C)(C)CO. The first kappa shape index (κ1) is 13.5. The van der Waals surface area contributed by atoms with Gasteiger partial charge in [-0.05, 0) is 18.6 Å². The Morgan fingerprint density at radius 2 is 2.12 bits per heavy atom. The van der Waals surface area contributed by atoms with Gasteiger partial charge in [0.05, 0.1) is 5.56 Å². The summed E-state index contributed by atoms with van der Waals surface area (Å²) in [7, 11) is 0. The Labute approximate surface area is 102 Å². The number of nitrogens with two attached hydrogens (primary N) is 1. The summed E-state index contributed by atoms with van der Waals surface area (Å²) in [5, 5.41) is 11.9. The van der Waals surface area contributed by atoms with Crippen LogP contribution in [0.15, 0.2) is 18.2 Å². The van der Waals surface area contributed by atoms with E-state index >= 15 is 0 Å². The van der Waals surface area contributed by atoms with E-state index in [-0.39, 0.29) is 17.9 Å². The van der Waals surface area contributed by atoms with Gasteiger partial charge < -0.3 is 16.2 Å². The molecule has 0 unspecified atom stereocenters. The number of anilines is 1. The van der Waals surface area contributed by atoms with Crippen LogP contribution < -0.4 is 11.1 Å². The Morgan fingerprint density at radius 3 is 2.65 bits per heavy atom. The average Bonchev–Trinajstić information content (AvgIpc) is 2.26. The number of carbonyl (C=O) groups excluding carboxylic acids is 1. The molecule has 4 nitrogen and oxygen atoms in total. The summed E-state index contributed by atoms with van der Waals surface area (Å²) < 4.78 is 0. The molecule has 1 amide bonds. The normalized spacial score (nSPS) is 11.3. The largest absolute Gasteiger partial charge is 0.398 e. The summed E-state index contributed by atoms with van der Waals surface area (Å²) in [6.45, 7) is 6.05. The van der Waals surface area contributed by atoms with E-state index in [0.29, 0.717) is 17.8 Å². The van der Waals surface area contributed by atoms with Crippen LogP contribution in [-0.2, 0) is 0 Å². The van der Waals surface area contributed by atoms with E-state index in [0.717, 1.165) is 5.56 Å². The van der Waals surface area contributed by atoms with Crippen molar-refractivity contribution in [2.45, 2.75) is 20.8 Å². The molecule has 0 bridgehead atoms. The average molecular weight is 236 g/mol. The number of amides is 1. The van der Waals surface area contributed by atoms with Gasteiger partial charge >= 0.3 is 0 Å². The van der Waals surface area contributed by atoms with Crippen LogP contribution in [0.25, 0.3) is 0 Å². The quantitative estimate of drug-likeness (QED) is 0.690. The molecule has 0 atom stereocenters. The molecule has 0 radical (unpaired) electrons. The van der Waals surface area contributed by atoms with E-state index < -0.39 is 0 Å². The molecule has 0 heterocycles. The topological polar surface area (TPSA) is 75.4 Å². The zero-order valence-corrected chi connectivity index (χ0v) is 10.6. The summed E-state index contributed by atoms with van der Waals surface area (Å²) in [6, 6.07) is 5.38. The van der Waals surface area contributed by atoms with Crippen molar-refractivity contribution < 1.29 is 9.90 Å². The second-order valence-electron chi connectivity index (χ2n) is 5.04. The summed E-state index contributed by atoms with van der Waals surface area (Å²) in [5.41, 5.74) is 7.30. The number of aryl methyl sites for hydroxylation is 1. The van der Waals surface area contributed by atoms with Gasteiger partial charge in [0.1, 0.15) is 0 Å². The fourth-order valence-corrected chi connectivity index (χ4v) is 1.46. The Morgan fingerprint density at radius 1 is 1.47 bits per heavy atom. The molecule has 0 aromatic heterocycles. The predicted molar refractivity (Wildman–Crippen MR) is 68.8 cm³/mol. The van der Waals surface area contributed by atoms with Crippen LogP contribution in [0.2, 0.25) is 0 Å². The number of aliphatic hydroxyl groups is 1. The number of nitrogen functional groups attached to an aromatic ring is 1. The lowest BCUT2D eigenvalue weighted by molar-refractivity contribution is 0.0911. The molecule has 94 valence electrons. The number of hydrogen-bond donors (Lipinski definition) is 3. The third kappa shape index (κ3) is 3.46. The maximum atomic E-state index is 12.0. The lowest BCUT2D eigenvalue weighted by Crippen LogP contribution is -2.36. The molecule has 4 heteroatoms. The summed E-state index contributed by atoms with van der Waals surface area (Å²) in [6.07, 6.45) is 0. The second kappa shape index (κ2) is 5.19. The van der Waals surface area contributed by atoms with Gasteiger partial charge in [-0.1, -0.05) is 26.0 Å². The molecular formula is C13H20N2O2. The standard InChI is InChI=1S/C13H20N2O2/c1-9-5-4-6-10(14)11(9)12(17)15-7-13(2,3)8-16/h4-6,16H,7-8,14H2,1-3H3,(H,15,17). The van der Waals surface area contributed by atoms with Crippen molar-refractivity contribution in [1.29, 1.82) is 0 Å². The highest BCUT2D eigenvalue weighted by Crippen LogP contribution is 2.17. The van der Waals surface area contributed by atoms with Crippen LogP contribution >= 0.6 is 0 Å². The third-order valence-corrected chi connectivity index (χ3v) is 2.69. The fraction of sp³-hybridized carbons (Fsp3) is 0.462. The minimum absolute atomic E-state index is 0.0243. The van der Waals surface area contributed by atoms with Crippen molar-refractivity contribution in [3.8, 4) is 0 Å². The first-order chi connectivity index (χ1) is 7.87. The Kier molecular flexibility index (Phi) is 4.12. The molecule has 1 rings (SSSR count). The molecule has 0 spiro atoms. The van der Waals surface area contributed by atoms with E-state index in [9.17, 15) is 4.79 Å². The van der Waals surface area contributed by atoms with Crippen molar-refractivity contribution in [1.82, 2.24) is 5.32 Å². The van der Waals surface area contributed by atoms with E-state index in [1.165, 1.54) is 0 Å². The maximum Gasteiger partial charge on any atom is 0.253 e. The minimum atomic E-state index is -0.326. The summed E-state index contributed by atoms with van der Waals surface area (Å²) >= 11 is 0. The molecule has 1 aromatic carbocycles. The van der Waals surface area contributed by atoms with Crippen LogP contribution in [0.3, 0.4) is 0 Å². The van der Waals surface area contributed by atoms with Gasteiger partial charge in [0.2, 0.25) is 0 Å².